The third-order valence-electron chi connectivity index (χ3n) is 2.53. The predicted molar refractivity (Wildman–Crippen MR) is 70.1 cm³/mol. The lowest BCUT2D eigenvalue weighted by atomic mass is 10.2. The van der Waals surface area contributed by atoms with Crippen LogP contribution in [0.5, 0.6) is 5.75 Å². The van der Waals surface area contributed by atoms with Gasteiger partial charge in [-0.15, -0.1) is 0 Å². The number of carbonyl (C=O) groups excluding carboxylic acids is 1. The second kappa shape index (κ2) is 6.01. The monoisotopic (exact) mass is 261 g/mol. The molecule has 0 radical (unpaired) electrons. The average molecular weight is 261 g/mol. The molecule has 19 heavy (non-hydrogen) atoms. The van der Waals surface area contributed by atoms with Gasteiger partial charge in [-0.2, -0.15) is 0 Å². The van der Waals surface area contributed by atoms with Crippen LogP contribution < -0.4 is 10.1 Å². The first-order valence-electron chi connectivity index (χ1n) is 5.91. The summed E-state index contributed by atoms with van der Waals surface area (Å²) in [6.07, 6.45) is 2.88. The average Bonchev–Trinajstić information content (AvgIpc) is 2.94. The summed E-state index contributed by atoms with van der Waals surface area (Å²) in [7, 11) is 0. The summed E-state index contributed by atoms with van der Waals surface area (Å²) in [6, 6.07) is 5.12. The van der Waals surface area contributed by atoms with Crippen LogP contribution in [0.2, 0.25) is 0 Å². The molecule has 0 aliphatic carbocycles. The summed E-state index contributed by atoms with van der Waals surface area (Å²) in [5, 5.41) is 12.0. The zero-order chi connectivity index (χ0) is 13.7. The molecule has 1 heterocycles. The molecule has 0 spiro atoms. The van der Waals surface area contributed by atoms with E-state index in [2.05, 4.69) is 15.3 Å². The Labute approximate surface area is 110 Å². The number of benzene rings is 1. The van der Waals surface area contributed by atoms with Gasteiger partial charge in [-0.05, 0) is 25.1 Å². The van der Waals surface area contributed by atoms with Gasteiger partial charge in [-0.25, -0.2) is 4.98 Å². The van der Waals surface area contributed by atoms with E-state index in [1.54, 1.807) is 18.2 Å². The van der Waals surface area contributed by atoms with E-state index in [0.29, 0.717) is 29.3 Å². The smallest absolute Gasteiger partial charge is 0.273 e. The van der Waals surface area contributed by atoms with Crippen molar-refractivity contribution in [3.8, 4) is 5.75 Å². The number of imidazole rings is 1. The van der Waals surface area contributed by atoms with Gasteiger partial charge in [0.1, 0.15) is 11.4 Å². The number of nitrogens with one attached hydrogen (secondary N) is 2. The van der Waals surface area contributed by atoms with Crippen molar-refractivity contribution < 1.29 is 14.6 Å². The van der Waals surface area contributed by atoms with E-state index in [-0.39, 0.29) is 12.5 Å². The van der Waals surface area contributed by atoms with Crippen molar-refractivity contribution in [3.05, 3.63) is 42.0 Å². The van der Waals surface area contributed by atoms with Crippen molar-refractivity contribution in [1.82, 2.24) is 9.97 Å². The van der Waals surface area contributed by atoms with Crippen molar-refractivity contribution in [3.63, 3.8) is 0 Å². The van der Waals surface area contributed by atoms with E-state index in [9.17, 15) is 9.90 Å². The van der Waals surface area contributed by atoms with Crippen LogP contribution >= 0.6 is 0 Å². The van der Waals surface area contributed by atoms with E-state index in [1.165, 1.54) is 12.5 Å². The van der Waals surface area contributed by atoms with Crippen molar-refractivity contribution >= 4 is 11.6 Å². The fraction of sp³-hybridized carbons (Fsp3) is 0.231. The third-order valence-corrected chi connectivity index (χ3v) is 2.53. The molecule has 1 aromatic heterocycles. The van der Waals surface area contributed by atoms with Crippen molar-refractivity contribution in [2.24, 2.45) is 0 Å². The number of aromatic amines is 1. The first kappa shape index (κ1) is 13.1. The Kier molecular flexibility index (Phi) is 4.15. The summed E-state index contributed by atoms with van der Waals surface area (Å²) < 4.78 is 5.37. The molecule has 1 aromatic carbocycles. The van der Waals surface area contributed by atoms with Crippen LogP contribution in [0.1, 0.15) is 23.0 Å². The van der Waals surface area contributed by atoms with Gasteiger partial charge in [0.15, 0.2) is 0 Å². The van der Waals surface area contributed by atoms with Crippen LogP contribution in [0.25, 0.3) is 0 Å². The van der Waals surface area contributed by atoms with E-state index < -0.39 is 0 Å². The van der Waals surface area contributed by atoms with Gasteiger partial charge in [0.25, 0.3) is 5.91 Å². The molecule has 0 unspecified atom stereocenters. The molecule has 0 saturated heterocycles. The minimum absolute atomic E-state index is 0.150. The molecule has 0 bridgehead atoms. The first-order valence-corrected chi connectivity index (χ1v) is 5.91. The number of aliphatic hydroxyl groups is 1. The molecule has 2 aromatic rings. The molecule has 0 fully saturated rings. The van der Waals surface area contributed by atoms with Gasteiger partial charge >= 0.3 is 0 Å². The van der Waals surface area contributed by atoms with E-state index >= 15 is 0 Å². The summed E-state index contributed by atoms with van der Waals surface area (Å²) >= 11 is 0. The van der Waals surface area contributed by atoms with E-state index in [0.717, 1.165) is 0 Å². The Morgan fingerprint density at radius 1 is 1.53 bits per heavy atom. The molecule has 1 amide bonds. The van der Waals surface area contributed by atoms with Gasteiger partial charge in [0.05, 0.1) is 25.7 Å². The summed E-state index contributed by atoms with van der Waals surface area (Å²) in [5.41, 5.74) is 1.59. The van der Waals surface area contributed by atoms with Crippen LogP contribution in [-0.4, -0.2) is 27.6 Å². The second-order valence-corrected chi connectivity index (χ2v) is 3.83. The molecular formula is C13H15N3O3. The lowest BCUT2D eigenvalue weighted by molar-refractivity contribution is 0.102. The molecule has 6 heteroatoms. The van der Waals surface area contributed by atoms with Crippen LogP contribution in [0, 0.1) is 0 Å². The van der Waals surface area contributed by atoms with Gasteiger partial charge in [0.2, 0.25) is 0 Å². The Hall–Kier alpha value is -2.34. The highest BCUT2D eigenvalue weighted by Crippen LogP contribution is 2.23. The third kappa shape index (κ3) is 3.11. The van der Waals surface area contributed by atoms with Crippen molar-refractivity contribution in [2.75, 3.05) is 11.9 Å². The van der Waals surface area contributed by atoms with Gasteiger partial charge in [-0.1, -0.05) is 0 Å². The Morgan fingerprint density at radius 3 is 3.00 bits per heavy atom. The number of anilines is 1. The fourth-order valence-corrected chi connectivity index (χ4v) is 1.66. The maximum atomic E-state index is 11.8. The number of amides is 1. The highest BCUT2D eigenvalue weighted by atomic mass is 16.5. The topological polar surface area (TPSA) is 87.2 Å². The maximum Gasteiger partial charge on any atom is 0.273 e. The number of ether oxygens (including phenoxy) is 1. The zero-order valence-corrected chi connectivity index (χ0v) is 10.5. The number of rotatable bonds is 5. The van der Waals surface area contributed by atoms with Gasteiger partial charge < -0.3 is 20.1 Å². The molecule has 6 nitrogen and oxygen atoms in total. The summed E-state index contributed by atoms with van der Waals surface area (Å²) in [6.45, 7) is 2.24. The number of carbonyl (C=O) groups is 1. The number of nitrogens with zero attached hydrogens (tertiary/aromatic N) is 1. The fourth-order valence-electron chi connectivity index (χ4n) is 1.66. The standard InChI is InChI=1S/C13H15N3O3/c1-2-19-12-4-3-10(5-9(12)7-17)16-13(18)11-6-14-8-15-11/h3-6,8,17H,2,7H2,1H3,(H,14,15)(H,16,18). The first-order chi connectivity index (χ1) is 9.24. The number of hydrogen-bond donors (Lipinski definition) is 3. The lowest BCUT2D eigenvalue weighted by Gasteiger charge is -2.11. The molecular weight excluding hydrogens is 246 g/mol. The number of aromatic nitrogens is 2. The number of H-pyrrole nitrogens is 1. The quantitative estimate of drug-likeness (QED) is 0.762. The highest BCUT2D eigenvalue weighted by molar-refractivity contribution is 6.02. The van der Waals surface area contributed by atoms with Crippen molar-refractivity contribution in [1.29, 1.82) is 0 Å². The highest BCUT2D eigenvalue weighted by Gasteiger charge is 2.09. The Morgan fingerprint density at radius 2 is 2.37 bits per heavy atom. The van der Waals surface area contributed by atoms with Crippen LogP contribution in [-0.2, 0) is 6.61 Å². The summed E-state index contributed by atoms with van der Waals surface area (Å²) in [5.74, 6) is 0.329. The molecule has 3 N–H and O–H groups in total. The van der Waals surface area contributed by atoms with E-state index in [4.69, 9.17) is 4.74 Å². The summed E-state index contributed by atoms with van der Waals surface area (Å²) in [4.78, 5) is 18.3. The van der Waals surface area contributed by atoms with Crippen LogP contribution in [0.3, 0.4) is 0 Å². The predicted octanol–water partition coefficient (Wildman–Crippen LogP) is 1.55. The van der Waals surface area contributed by atoms with Crippen LogP contribution in [0.4, 0.5) is 5.69 Å². The molecule has 0 aliphatic rings. The minimum atomic E-state index is -0.287. The van der Waals surface area contributed by atoms with Crippen molar-refractivity contribution in [2.45, 2.75) is 13.5 Å². The maximum absolute atomic E-state index is 11.8. The minimum Gasteiger partial charge on any atom is -0.494 e. The molecule has 0 aliphatic heterocycles. The lowest BCUT2D eigenvalue weighted by Crippen LogP contribution is -2.12. The van der Waals surface area contributed by atoms with Gasteiger partial charge in [0, 0.05) is 11.3 Å². The SMILES string of the molecule is CCOc1ccc(NC(=O)c2cnc[nH]2)cc1CO. The largest absolute Gasteiger partial charge is 0.494 e. The van der Waals surface area contributed by atoms with Crippen LogP contribution in [0.15, 0.2) is 30.7 Å². The van der Waals surface area contributed by atoms with Gasteiger partial charge in [-0.3, -0.25) is 4.79 Å². The zero-order valence-electron chi connectivity index (χ0n) is 10.5. The number of aliphatic hydroxyl groups excluding tert-OH is 1. The van der Waals surface area contributed by atoms with E-state index in [1.807, 2.05) is 6.92 Å². The molecule has 0 saturated carbocycles. The molecule has 2 rings (SSSR count). The normalized spacial score (nSPS) is 10.2. The molecule has 100 valence electrons. The number of hydrogen-bond acceptors (Lipinski definition) is 4. The molecule has 0 atom stereocenters. The second-order valence-electron chi connectivity index (χ2n) is 3.83. The Bertz CT molecular complexity index is 552. The Balaban J connectivity index is 2.15.